The Bertz CT molecular complexity index is 1240. The first-order valence-corrected chi connectivity index (χ1v) is 11.2. The van der Waals surface area contributed by atoms with Gasteiger partial charge in [-0.15, -0.1) is 0 Å². The summed E-state index contributed by atoms with van der Waals surface area (Å²) in [6, 6.07) is 19.5. The maximum atomic E-state index is 11.7. The minimum atomic E-state index is -0.474. The van der Waals surface area contributed by atoms with Crippen molar-refractivity contribution in [2.24, 2.45) is 0 Å². The van der Waals surface area contributed by atoms with Crippen LogP contribution in [0.5, 0.6) is 28.7 Å². The highest BCUT2D eigenvalue weighted by molar-refractivity contribution is 5.89. The second-order valence-corrected chi connectivity index (χ2v) is 7.90. The fraction of sp³-hybridized carbons (Fsp3) is 0.172. The first-order valence-electron chi connectivity index (χ1n) is 11.2. The Kier molecular flexibility index (Phi) is 8.89. The number of esters is 2. The van der Waals surface area contributed by atoms with Crippen LogP contribution in [0.15, 0.2) is 91.0 Å². The molecule has 0 unspecified atom stereocenters. The third-order valence-corrected chi connectivity index (χ3v) is 4.90. The molecule has 0 radical (unpaired) electrons. The highest BCUT2D eigenvalue weighted by Gasteiger charge is 2.10. The lowest BCUT2D eigenvalue weighted by Crippen LogP contribution is -2.10. The molecule has 0 saturated carbocycles. The van der Waals surface area contributed by atoms with Crippen LogP contribution in [0.3, 0.4) is 0 Å². The summed E-state index contributed by atoms with van der Waals surface area (Å²) in [7, 11) is 1.57. The van der Waals surface area contributed by atoms with E-state index in [4.69, 9.17) is 23.7 Å². The van der Waals surface area contributed by atoms with E-state index in [0.29, 0.717) is 53.1 Å². The molecule has 7 heteroatoms. The van der Waals surface area contributed by atoms with E-state index in [-0.39, 0.29) is 0 Å². The first-order chi connectivity index (χ1) is 17.3. The van der Waals surface area contributed by atoms with Crippen LogP contribution in [-0.4, -0.2) is 32.3 Å². The second-order valence-electron chi connectivity index (χ2n) is 7.90. The molecule has 3 aromatic carbocycles. The molecule has 0 fully saturated rings. The van der Waals surface area contributed by atoms with Gasteiger partial charge in [0.15, 0.2) is 11.5 Å². The smallest absolute Gasteiger partial charge is 0.338 e. The van der Waals surface area contributed by atoms with Gasteiger partial charge in [0.1, 0.15) is 30.5 Å². The van der Waals surface area contributed by atoms with Crippen molar-refractivity contribution in [2.75, 3.05) is 20.3 Å². The van der Waals surface area contributed by atoms with Crippen LogP contribution in [0.4, 0.5) is 0 Å². The van der Waals surface area contributed by atoms with Crippen LogP contribution in [0.1, 0.15) is 13.8 Å². The van der Waals surface area contributed by atoms with Crippen molar-refractivity contribution in [1.82, 2.24) is 0 Å². The number of rotatable bonds is 11. The van der Waals surface area contributed by atoms with Crippen molar-refractivity contribution < 1.29 is 33.3 Å². The lowest BCUT2D eigenvalue weighted by atomic mass is 10.0. The van der Waals surface area contributed by atoms with Gasteiger partial charge >= 0.3 is 11.9 Å². The van der Waals surface area contributed by atoms with Crippen LogP contribution < -0.4 is 23.7 Å². The Morgan fingerprint density at radius 2 is 1.11 bits per heavy atom. The number of carbonyl (C=O) groups excluding carboxylic acids is 2. The SMILES string of the molecule is C=C(C)C(=O)Oc1ccc(OCCOc2ccc(-c3ccc(OC(=O)C(=C)C)cc3)cc2OC)cc1. The Hall–Kier alpha value is -4.52. The number of carbonyl (C=O) groups is 2. The summed E-state index contributed by atoms with van der Waals surface area (Å²) in [4.78, 5) is 23.2. The Balaban J connectivity index is 1.54. The third kappa shape index (κ3) is 7.24. The topological polar surface area (TPSA) is 80.3 Å². The lowest BCUT2D eigenvalue weighted by molar-refractivity contribution is -0.130. The van der Waals surface area contributed by atoms with Gasteiger partial charge in [0.2, 0.25) is 0 Å². The van der Waals surface area contributed by atoms with Crippen LogP contribution >= 0.6 is 0 Å². The van der Waals surface area contributed by atoms with E-state index in [9.17, 15) is 9.59 Å². The molecule has 0 saturated heterocycles. The monoisotopic (exact) mass is 488 g/mol. The molecule has 7 nitrogen and oxygen atoms in total. The summed E-state index contributed by atoms with van der Waals surface area (Å²) < 4.78 is 27.4. The average molecular weight is 489 g/mol. The van der Waals surface area contributed by atoms with E-state index in [2.05, 4.69) is 13.2 Å². The van der Waals surface area contributed by atoms with Gasteiger partial charge in [-0.2, -0.15) is 0 Å². The quantitative estimate of drug-likeness (QED) is 0.146. The molecule has 0 amide bonds. The summed E-state index contributed by atoms with van der Waals surface area (Å²) in [5.74, 6) is 1.70. The summed E-state index contributed by atoms with van der Waals surface area (Å²) in [5, 5.41) is 0. The summed E-state index contributed by atoms with van der Waals surface area (Å²) in [6.07, 6.45) is 0. The molecular formula is C29H28O7. The predicted molar refractivity (Wildman–Crippen MR) is 137 cm³/mol. The number of benzene rings is 3. The van der Waals surface area contributed by atoms with Gasteiger partial charge in [-0.05, 0) is 73.5 Å². The molecule has 186 valence electrons. The molecule has 0 N–H and O–H groups in total. The van der Waals surface area contributed by atoms with E-state index in [1.165, 1.54) is 0 Å². The third-order valence-electron chi connectivity index (χ3n) is 4.90. The van der Waals surface area contributed by atoms with Crippen molar-refractivity contribution in [3.8, 4) is 39.9 Å². The standard InChI is InChI=1S/C29H28O7/c1-19(2)28(30)35-24-9-6-21(7-10-24)22-8-15-26(27(18-22)32-5)34-17-16-33-23-11-13-25(14-12-23)36-29(31)20(3)4/h6-15,18H,1,3,16-17H2,2,4-5H3. The number of hydrogen-bond donors (Lipinski definition) is 0. The van der Waals surface area contributed by atoms with E-state index < -0.39 is 11.9 Å². The summed E-state index contributed by atoms with van der Waals surface area (Å²) >= 11 is 0. The molecule has 0 bridgehead atoms. The molecule has 3 aromatic rings. The van der Waals surface area contributed by atoms with Crippen LogP contribution in [-0.2, 0) is 9.59 Å². The fourth-order valence-corrected chi connectivity index (χ4v) is 2.99. The van der Waals surface area contributed by atoms with Crippen molar-refractivity contribution in [3.05, 3.63) is 91.0 Å². The normalized spacial score (nSPS) is 10.2. The summed E-state index contributed by atoms with van der Waals surface area (Å²) in [5.41, 5.74) is 2.51. The largest absolute Gasteiger partial charge is 0.493 e. The molecule has 0 atom stereocenters. The molecule has 0 aliphatic rings. The van der Waals surface area contributed by atoms with E-state index in [1.807, 2.05) is 30.3 Å². The molecule has 0 spiro atoms. The van der Waals surface area contributed by atoms with Crippen LogP contribution in [0.2, 0.25) is 0 Å². The van der Waals surface area contributed by atoms with Gasteiger partial charge in [-0.1, -0.05) is 31.4 Å². The fourth-order valence-electron chi connectivity index (χ4n) is 2.99. The molecule has 0 aliphatic carbocycles. The van der Waals surface area contributed by atoms with E-state index in [0.717, 1.165) is 11.1 Å². The molecule has 0 aromatic heterocycles. The van der Waals surface area contributed by atoms with E-state index in [1.54, 1.807) is 57.4 Å². The Morgan fingerprint density at radius 1 is 0.639 bits per heavy atom. The van der Waals surface area contributed by atoms with Gasteiger partial charge in [-0.3, -0.25) is 0 Å². The lowest BCUT2D eigenvalue weighted by Gasteiger charge is -2.13. The highest BCUT2D eigenvalue weighted by atomic mass is 16.5. The van der Waals surface area contributed by atoms with Crippen LogP contribution in [0, 0.1) is 0 Å². The van der Waals surface area contributed by atoms with Gasteiger partial charge in [0.25, 0.3) is 0 Å². The zero-order valence-electron chi connectivity index (χ0n) is 20.5. The maximum absolute atomic E-state index is 11.7. The Morgan fingerprint density at radius 3 is 1.64 bits per heavy atom. The maximum Gasteiger partial charge on any atom is 0.338 e. The van der Waals surface area contributed by atoms with Crippen LogP contribution in [0.25, 0.3) is 11.1 Å². The minimum Gasteiger partial charge on any atom is -0.493 e. The summed E-state index contributed by atoms with van der Waals surface area (Å²) in [6.45, 7) is 10.9. The van der Waals surface area contributed by atoms with Crippen molar-refractivity contribution >= 4 is 11.9 Å². The molecule has 0 heterocycles. The predicted octanol–water partition coefficient (Wildman–Crippen LogP) is 5.78. The number of methoxy groups -OCH3 is 1. The van der Waals surface area contributed by atoms with Crippen molar-refractivity contribution in [3.63, 3.8) is 0 Å². The minimum absolute atomic E-state index is 0.297. The average Bonchev–Trinajstić information content (AvgIpc) is 2.87. The molecule has 3 rings (SSSR count). The zero-order chi connectivity index (χ0) is 26.1. The second kappa shape index (κ2) is 12.3. The van der Waals surface area contributed by atoms with Gasteiger partial charge in [0, 0.05) is 11.1 Å². The number of hydrogen-bond acceptors (Lipinski definition) is 7. The number of ether oxygens (including phenoxy) is 5. The Labute approximate surface area is 210 Å². The van der Waals surface area contributed by atoms with E-state index >= 15 is 0 Å². The van der Waals surface area contributed by atoms with Crippen molar-refractivity contribution in [1.29, 1.82) is 0 Å². The zero-order valence-corrected chi connectivity index (χ0v) is 20.5. The molecule has 0 aliphatic heterocycles. The molecular weight excluding hydrogens is 460 g/mol. The van der Waals surface area contributed by atoms with Crippen molar-refractivity contribution in [2.45, 2.75) is 13.8 Å². The van der Waals surface area contributed by atoms with Gasteiger partial charge < -0.3 is 23.7 Å². The first kappa shape index (κ1) is 26.1. The van der Waals surface area contributed by atoms with Gasteiger partial charge in [-0.25, -0.2) is 9.59 Å². The molecule has 36 heavy (non-hydrogen) atoms. The highest BCUT2D eigenvalue weighted by Crippen LogP contribution is 2.33. The van der Waals surface area contributed by atoms with Gasteiger partial charge in [0.05, 0.1) is 7.11 Å².